The number of hydrogen-bond acceptors (Lipinski definition) is 3. The summed E-state index contributed by atoms with van der Waals surface area (Å²) in [5.74, 6) is -0.110. The molecule has 0 saturated heterocycles. The number of carbonyl (C=O) groups is 1. The fraction of sp³-hybridized carbons (Fsp3) is 0.429. The summed E-state index contributed by atoms with van der Waals surface area (Å²) in [6, 6.07) is 0. The van der Waals surface area contributed by atoms with Crippen LogP contribution in [0, 0.1) is 0 Å². The van der Waals surface area contributed by atoms with Gasteiger partial charge in [-0.2, -0.15) is 0 Å². The second-order valence-electron chi connectivity index (χ2n) is 2.19. The van der Waals surface area contributed by atoms with Crippen molar-refractivity contribution in [2.45, 2.75) is 6.92 Å². The zero-order valence-corrected chi connectivity index (χ0v) is 6.57. The van der Waals surface area contributed by atoms with Crippen molar-refractivity contribution in [3.63, 3.8) is 0 Å². The fourth-order valence-corrected chi connectivity index (χ4v) is 0.657. The van der Waals surface area contributed by atoms with Crippen LogP contribution in [-0.2, 0) is 0 Å². The van der Waals surface area contributed by atoms with Crippen molar-refractivity contribution < 1.29 is 9.21 Å². The van der Waals surface area contributed by atoms with E-state index in [1.54, 1.807) is 11.9 Å². The zero-order chi connectivity index (χ0) is 8.27. The molecule has 1 rings (SSSR count). The average Bonchev–Trinajstić information content (AvgIpc) is 2.53. The number of rotatable bonds is 2. The molecule has 11 heavy (non-hydrogen) atoms. The number of hydrogen-bond donors (Lipinski definition) is 0. The molecule has 0 aliphatic rings. The molecule has 1 aromatic heterocycles. The van der Waals surface area contributed by atoms with Crippen LogP contribution >= 0.6 is 0 Å². The molecule has 0 atom stereocenters. The van der Waals surface area contributed by atoms with Crippen LogP contribution in [0.25, 0.3) is 0 Å². The third-order valence-corrected chi connectivity index (χ3v) is 1.47. The Kier molecular flexibility index (Phi) is 2.25. The minimum Gasteiger partial charge on any atom is -0.451 e. The van der Waals surface area contributed by atoms with Gasteiger partial charge in [-0.1, -0.05) is 0 Å². The predicted octanol–water partition coefficient (Wildman–Crippen LogP) is 0.766. The first-order valence-electron chi connectivity index (χ1n) is 3.39. The SMILES string of the molecule is CCN(C)C(=O)c1cocn1. The fourth-order valence-electron chi connectivity index (χ4n) is 0.657. The highest BCUT2D eigenvalue weighted by Gasteiger charge is 2.11. The van der Waals surface area contributed by atoms with Crippen molar-refractivity contribution in [1.82, 2.24) is 9.88 Å². The van der Waals surface area contributed by atoms with E-state index in [0.717, 1.165) is 0 Å². The van der Waals surface area contributed by atoms with Gasteiger partial charge in [0, 0.05) is 13.6 Å². The van der Waals surface area contributed by atoms with Gasteiger partial charge in [0.15, 0.2) is 12.1 Å². The number of amides is 1. The molecule has 0 fully saturated rings. The van der Waals surface area contributed by atoms with Crippen LogP contribution < -0.4 is 0 Å². The maximum Gasteiger partial charge on any atom is 0.275 e. The molecule has 0 spiro atoms. The van der Waals surface area contributed by atoms with Gasteiger partial charge in [-0.3, -0.25) is 4.79 Å². The Labute approximate surface area is 64.8 Å². The second-order valence-corrected chi connectivity index (χ2v) is 2.19. The summed E-state index contributed by atoms with van der Waals surface area (Å²) < 4.78 is 4.67. The van der Waals surface area contributed by atoms with Gasteiger partial charge in [0.25, 0.3) is 5.91 Å². The molecule has 0 aliphatic carbocycles. The van der Waals surface area contributed by atoms with E-state index in [9.17, 15) is 4.79 Å². The van der Waals surface area contributed by atoms with Crippen LogP contribution in [0.4, 0.5) is 0 Å². The van der Waals surface area contributed by atoms with Crippen LogP contribution in [0.5, 0.6) is 0 Å². The topological polar surface area (TPSA) is 46.3 Å². The van der Waals surface area contributed by atoms with E-state index in [-0.39, 0.29) is 5.91 Å². The Bertz CT molecular complexity index is 231. The predicted molar refractivity (Wildman–Crippen MR) is 39.1 cm³/mol. The van der Waals surface area contributed by atoms with Crippen molar-refractivity contribution in [3.8, 4) is 0 Å². The van der Waals surface area contributed by atoms with E-state index in [1.165, 1.54) is 12.7 Å². The summed E-state index contributed by atoms with van der Waals surface area (Å²) in [7, 11) is 1.72. The molecule has 4 nitrogen and oxygen atoms in total. The highest BCUT2D eigenvalue weighted by atomic mass is 16.3. The molecule has 0 bridgehead atoms. The highest BCUT2D eigenvalue weighted by Crippen LogP contribution is 1.98. The maximum atomic E-state index is 11.2. The van der Waals surface area contributed by atoms with E-state index in [0.29, 0.717) is 12.2 Å². The first kappa shape index (κ1) is 7.78. The summed E-state index contributed by atoms with van der Waals surface area (Å²) in [6.07, 6.45) is 2.59. The molecule has 1 amide bonds. The lowest BCUT2D eigenvalue weighted by molar-refractivity contribution is 0.0796. The minimum atomic E-state index is -0.110. The Morgan fingerprint density at radius 2 is 2.55 bits per heavy atom. The van der Waals surface area contributed by atoms with Crippen LogP contribution in [0.3, 0.4) is 0 Å². The summed E-state index contributed by atoms with van der Waals surface area (Å²) >= 11 is 0. The zero-order valence-electron chi connectivity index (χ0n) is 6.57. The van der Waals surface area contributed by atoms with E-state index >= 15 is 0 Å². The standard InChI is InChI=1S/C7H10N2O2/c1-3-9(2)7(10)6-4-11-5-8-6/h4-5H,3H2,1-2H3. The van der Waals surface area contributed by atoms with Gasteiger partial charge in [-0.05, 0) is 6.92 Å². The monoisotopic (exact) mass is 154 g/mol. The van der Waals surface area contributed by atoms with Gasteiger partial charge in [-0.25, -0.2) is 4.98 Å². The van der Waals surface area contributed by atoms with Crippen molar-refractivity contribution in [1.29, 1.82) is 0 Å². The number of carbonyl (C=O) groups excluding carboxylic acids is 1. The van der Waals surface area contributed by atoms with Crippen LogP contribution in [-0.4, -0.2) is 29.4 Å². The molecular weight excluding hydrogens is 144 g/mol. The summed E-state index contributed by atoms with van der Waals surface area (Å²) in [6.45, 7) is 2.57. The number of aromatic nitrogens is 1. The van der Waals surface area contributed by atoms with E-state index in [1.807, 2.05) is 6.92 Å². The van der Waals surface area contributed by atoms with Gasteiger partial charge < -0.3 is 9.32 Å². The van der Waals surface area contributed by atoms with Crippen molar-refractivity contribution in [2.24, 2.45) is 0 Å². The largest absolute Gasteiger partial charge is 0.451 e. The molecule has 1 aromatic rings. The molecule has 0 N–H and O–H groups in total. The average molecular weight is 154 g/mol. The van der Waals surface area contributed by atoms with Gasteiger partial charge in [0.2, 0.25) is 0 Å². The summed E-state index contributed by atoms with van der Waals surface area (Å²) in [5.41, 5.74) is 0.356. The summed E-state index contributed by atoms with van der Waals surface area (Å²) in [5, 5.41) is 0. The first-order chi connectivity index (χ1) is 5.25. The lowest BCUT2D eigenvalue weighted by atomic mass is 10.4. The van der Waals surface area contributed by atoms with Gasteiger partial charge >= 0.3 is 0 Å². The molecule has 1 heterocycles. The molecule has 0 radical (unpaired) electrons. The first-order valence-corrected chi connectivity index (χ1v) is 3.39. The number of oxazole rings is 1. The molecule has 0 unspecified atom stereocenters. The molecular formula is C7H10N2O2. The van der Waals surface area contributed by atoms with Crippen molar-refractivity contribution in [3.05, 3.63) is 18.4 Å². The molecule has 4 heteroatoms. The second kappa shape index (κ2) is 3.18. The summed E-state index contributed by atoms with van der Waals surface area (Å²) in [4.78, 5) is 16.5. The molecule has 0 saturated carbocycles. The van der Waals surface area contributed by atoms with Gasteiger partial charge in [0.1, 0.15) is 6.26 Å². The normalized spacial score (nSPS) is 9.64. The van der Waals surface area contributed by atoms with Crippen LogP contribution in [0.1, 0.15) is 17.4 Å². The third kappa shape index (κ3) is 1.58. The van der Waals surface area contributed by atoms with Crippen molar-refractivity contribution in [2.75, 3.05) is 13.6 Å². The lowest BCUT2D eigenvalue weighted by Crippen LogP contribution is -2.26. The Morgan fingerprint density at radius 1 is 1.82 bits per heavy atom. The van der Waals surface area contributed by atoms with Gasteiger partial charge in [0.05, 0.1) is 0 Å². The lowest BCUT2D eigenvalue weighted by Gasteiger charge is -2.11. The number of nitrogens with zero attached hydrogens (tertiary/aromatic N) is 2. The maximum absolute atomic E-state index is 11.2. The Balaban J connectivity index is 2.70. The quantitative estimate of drug-likeness (QED) is 0.632. The van der Waals surface area contributed by atoms with Crippen molar-refractivity contribution >= 4 is 5.91 Å². The van der Waals surface area contributed by atoms with E-state index < -0.39 is 0 Å². The Hall–Kier alpha value is -1.32. The highest BCUT2D eigenvalue weighted by molar-refractivity contribution is 5.91. The molecule has 0 aliphatic heterocycles. The van der Waals surface area contributed by atoms with E-state index in [2.05, 4.69) is 9.40 Å². The van der Waals surface area contributed by atoms with Crippen LogP contribution in [0.2, 0.25) is 0 Å². The Morgan fingerprint density at radius 3 is 3.00 bits per heavy atom. The smallest absolute Gasteiger partial charge is 0.275 e. The minimum absolute atomic E-state index is 0.110. The van der Waals surface area contributed by atoms with E-state index in [4.69, 9.17) is 0 Å². The molecule has 0 aromatic carbocycles. The molecule has 60 valence electrons. The van der Waals surface area contributed by atoms with Gasteiger partial charge in [-0.15, -0.1) is 0 Å². The van der Waals surface area contributed by atoms with Crippen LogP contribution in [0.15, 0.2) is 17.1 Å². The third-order valence-electron chi connectivity index (χ3n) is 1.47.